The van der Waals surface area contributed by atoms with Gasteiger partial charge in [0.15, 0.2) is 5.78 Å². The van der Waals surface area contributed by atoms with Crippen molar-refractivity contribution < 1.29 is 19.8 Å². The maximum absolute atomic E-state index is 10.7. The van der Waals surface area contributed by atoms with Gasteiger partial charge in [-0.25, -0.2) is 0 Å². The fraction of sp³-hybridized carbons (Fsp3) is 0.667. The first kappa shape index (κ1) is 10.1. The maximum atomic E-state index is 10.7. The highest BCUT2D eigenvalue weighted by Crippen LogP contribution is 1.93. The number of aliphatic carboxylic acids is 1. The number of aliphatic hydroxyl groups excluding tert-OH is 1. The molecule has 0 rings (SSSR count). The Morgan fingerprint density at radius 2 is 1.91 bits per heavy atom. The van der Waals surface area contributed by atoms with Gasteiger partial charge in [0.2, 0.25) is 0 Å². The van der Waals surface area contributed by atoms with Gasteiger partial charge in [-0.3, -0.25) is 9.59 Å². The summed E-state index contributed by atoms with van der Waals surface area (Å²) in [4.78, 5) is 20.7. The molecule has 0 bridgehead atoms. The Morgan fingerprint density at radius 3 is 2.27 bits per heavy atom. The number of rotatable bonds is 5. The predicted molar refractivity (Wildman–Crippen MR) is 36.9 cm³/mol. The predicted octanol–water partition coefficient (Wildman–Crippen LogP) is -1.26. The molecule has 0 aliphatic carbocycles. The summed E-state index contributed by atoms with van der Waals surface area (Å²) >= 11 is 0. The van der Waals surface area contributed by atoms with Crippen molar-refractivity contribution in [2.45, 2.75) is 18.9 Å². The van der Waals surface area contributed by atoms with E-state index < -0.39 is 24.4 Å². The van der Waals surface area contributed by atoms with Gasteiger partial charge in [0.25, 0.3) is 0 Å². The molecule has 1 unspecified atom stereocenters. The Balaban J connectivity index is 3.60. The van der Waals surface area contributed by atoms with Crippen LogP contribution in [0.25, 0.3) is 0 Å². The molecule has 0 aliphatic rings. The second kappa shape index (κ2) is 4.81. The quantitative estimate of drug-likeness (QED) is 0.467. The number of ketones is 1. The Kier molecular flexibility index (Phi) is 4.40. The van der Waals surface area contributed by atoms with Crippen LogP contribution < -0.4 is 5.73 Å². The molecule has 0 spiro atoms. The number of hydrogen-bond acceptors (Lipinski definition) is 4. The lowest BCUT2D eigenvalue weighted by molar-refractivity contribution is -0.138. The summed E-state index contributed by atoms with van der Waals surface area (Å²) in [6.07, 6.45) is -0.344. The largest absolute Gasteiger partial charge is 0.481 e. The minimum absolute atomic E-state index is 0.114. The molecular weight excluding hydrogens is 150 g/mol. The lowest BCUT2D eigenvalue weighted by Gasteiger charge is -2.03. The standard InChI is InChI=1S/C6H11NO4/c7-4(3-8)5(9)1-2-6(10)11/h4,8H,1-3,7H2,(H,10,11). The van der Waals surface area contributed by atoms with Crippen LogP contribution in [0.1, 0.15) is 12.8 Å². The van der Waals surface area contributed by atoms with Crippen LogP contribution in [0, 0.1) is 0 Å². The molecule has 0 saturated carbocycles. The van der Waals surface area contributed by atoms with Crippen LogP contribution >= 0.6 is 0 Å². The Hall–Kier alpha value is -0.940. The van der Waals surface area contributed by atoms with Crippen molar-refractivity contribution >= 4 is 11.8 Å². The first-order valence-electron chi connectivity index (χ1n) is 3.19. The van der Waals surface area contributed by atoms with Gasteiger partial charge in [0, 0.05) is 6.42 Å². The van der Waals surface area contributed by atoms with Crippen molar-refractivity contribution in [1.29, 1.82) is 0 Å². The van der Waals surface area contributed by atoms with Gasteiger partial charge in [0.1, 0.15) is 0 Å². The van der Waals surface area contributed by atoms with E-state index in [0.717, 1.165) is 0 Å². The fourth-order valence-corrected chi connectivity index (χ4v) is 0.517. The fourth-order valence-electron chi connectivity index (χ4n) is 0.517. The minimum Gasteiger partial charge on any atom is -0.481 e. The number of nitrogens with two attached hydrogens (primary N) is 1. The second-order valence-corrected chi connectivity index (χ2v) is 2.15. The third-order valence-corrected chi connectivity index (χ3v) is 1.20. The number of aliphatic hydroxyl groups is 1. The number of Topliss-reactive ketones (excluding diaryl/α,β-unsaturated/α-hetero) is 1. The molecular formula is C6H11NO4. The Bertz CT molecular complexity index is 157. The molecule has 0 aromatic carbocycles. The van der Waals surface area contributed by atoms with Gasteiger partial charge >= 0.3 is 5.97 Å². The molecule has 0 amide bonds. The van der Waals surface area contributed by atoms with Gasteiger partial charge < -0.3 is 15.9 Å². The highest BCUT2D eigenvalue weighted by Gasteiger charge is 2.12. The minimum atomic E-state index is -1.04. The van der Waals surface area contributed by atoms with Gasteiger partial charge in [-0.15, -0.1) is 0 Å². The van der Waals surface area contributed by atoms with Crippen molar-refractivity contribution in [2.75, 3.05) is 6.61 Å². The Labute approximate surface area is 63.8 Å². The summed E-state index contributed by atoms with van der Waals surface area (Å²) in [6.45, 7) is -0.432. The smallest absolute Gasteiger partial charge is 0.303 e. The second-order valence-electron chi connectivity index (χ2n) is 2.15. The molecule has 0 radical (unpaired) electrons. The summed E-state index contributed by atoms with van der Waals surface area (Å²) in [6, 6.07) is -0.936. The van der Waals surface area contributed by atoms with Crippen LogP contribution in [0.2, 0.25) is 0 Å². The van der Waals surface area contributed by atoms with E-state index in [-0.39, 0.29) is 12.8 Å². The molecule has 0 fully saturated rings. The van der Waals surface area contributed by atoms with Crippen molar-refractivity contribution in [2.24, 2.45) is 5.73 Å². The van der Waals surface area contributed by atoms with Crippen molar-refractivity contribution in [3.63, 3.8) is 0 Å². The Morgan fingerprint density at radius 1 is 1.36 bits per heavy atom. The zero-order valence-electron chi connectivity index (χ0n) is 5.99. The first-order valence-corrected chi connectivity index (χ1v) is 3.19. The maximum Gasteiger partial charge on any atom is 0.303 e. The van der Waals surface area contributed by atoms with E-state index in [1.165, 1.54) is 0 Å². The zero-order valence-corrected chi connectivity index (χ0v) is 5.99. The van der Waals surface area contributed by atoms with Gasteiger partial charge in [-0.1, -0.05) is 0 Å². The van der Waals surface area contributed by atoms with E-state index in [1.54, 1.807) is 0 Å². The molecule has 0 aromatic heterocycles. The average molecular weight is 161 g/mol. The van der Waals surface area contributed by atoms with E-state index in [2.05, 4.69) is 0 Å². The van der Waals surface area contributed by atoms with E-state index >= 15 is 0 Å². The van der Waals surface area contributed by atoms with Crippen molar-refractivity contribution in [3.05, 3.63) is 0 Å². The zero-order chi connectivity index (χ0) is 8.85. The number of carboxylic acid groups (broad SMARTS) is 1. The van der Waals surface area contributed by atoms with Crippen LogP contribution in [0.5, 0.6) is 0 Å². The van der Waals surface area contributed by atoms with Crippen LogP contribution in [-0.4, -0.2) is 34.6 Å². The number of carbonyl (C=O) groups excluding carboxylic acids is 1. The van der Waals surface area contributed by atoms with E-state index in [9.17, 15) is 9.59 Å². The summed E-state index contributed by atoms with van der Waals surface area (Å²) in [5, 5.41) is 16.5. The summed E-state index contributed by atoms with van der Waals surface area (Å²) in [5.74, 6) is -1.46. The van der Waals surface area contributed by atoms with E-state index in [1.807, 2.05) is 0 Å². The van der Waals surface area contributed by atoms with Crippen molar-refractivity contribution in [1.82, 2.24) is 0 Å². The van der Waals surface area contributed by atoms with E-state index in [4.69, 9.17) is 15.9 Å². The third-order valence-electron chi connectivity index (χ3n) is 1.20. The molecule has 1 atom stereocenters. The average Bonchev–Trinajstić information content (AvgIpc) is 1.98. The van der Waals surface area contributed by atoms with Gasteiger partial charge in [-0.05, 0) is 0 Å². The van der Waals surface area contributed by atoms with Crippen molar-refractivity contribution in [3.8, 4) is 0 Å². The lowest BCUT2D eigenvalue weighted by atomic mass is 10.1. The SMILES string of the molecule is NC(CO)C(=O)CCC(=O)O. The summed E-state index contributed by atoms with van der Waals surface area (Å²) in [5.41, 5.74) is 5.11. The molecule has 0 saturated heterocycles. The van der Waals surface area contributed by atoms with Gasteiger partial charge in [-0.2, -0.15) is 0 Å². The molecule has 0 heterocycles. The molecule has 64 valence electrons. The highest BCUT2D eigenvalue weighted by molar-refractivity contribution is 5.86. The normalized spacial score (nSPS) is 12.5. The highest BCUT2D eigenvalue weighted by atomic mass is 16.4. The first-order chi connectivity index (χ1) is 5.07. The topological polar surface area (TPSA) is 101 Å². The molecule has 0 aliphatic heterocycles. The molecule has 0 aromatic rings. The summed E-state index contributed by atoms with van der Waals surface area (Å²) in [7, 11) is 0. The molecule has 5 nitrogen and oxygen atoms in total. The third kappa shape index (κ3) is 4.46. The van der Waals surface area contributed by atoms with Crippen LogP contribution in [0.4, 0.5) is 0 Å². The number of carbonyl (C=O) groups is 2. The van der Waals surface area contributed by atoms with Crippen LogP contribution in [-0.2, 0) is 9.59 Å². The lowest BCUT2D eigenvalue weighted by Crippen LogP contribution is -2.34. The molecule has 11 heavy (non-hydrogen) atoms. The molecule has 5 heteroatoms. The number of hydrogen-bond donors (Lipinski definition) is 3. The van der Waals surface area contributed by atoms with E-state index in [0.29, 0.717) is 0 Å². The van der Waals surface area contributed by atoms with Crippen LogP contribution in [0.15, 0.2) is 0 Å². The van der Waals surface area contributed by atoms with Gasteiger partial charge in [0.05, 0.1) is 19.1 Å². The monoisotopic (exact) mass is 161 g/mol. The summed E-state index contributed by atoms with van der Waals surface area (Å²) < 4.78 is 0. The van der Waals surface area contributed by atoms with Crippen LogP contribution in [0.3, 0.4) is 0 Å². The number of carboxylic acids is 1. The molecule has 4 N–H and O–H groups in total.